The van der Waals surface area contributed by atoms with Crippen LogP contribution in [0.4, 0.5) is 0 Å². The number of fused-ring (bicyclic) bond motifs is 1. The fourth-order valence-electron chi connectivity index (χ4n) is 5.93. The Kier molecular flexibility index (Phi) is 1.86. The van der Waals surface area contributed by atoms with Gasteiger partial charge < -0.3 is 4.74 Å². The predicted molar refractivity (Wildman–Crippen MR) is 68.8 cm³/mol. The van der Waals surface area contributed by atoms with Gasteiger partial charge in [-0.05, 0) is 69.1 Å². The zero-order valence-corrected chi connectivity index (χ0v) is 11.4. The normalized spacial score (nSPS) is 55.0. The van der Waals surface area contributed by atoms with Crippen molar-refractivity contribution < 1.29 is 9.53 Å². The first-order chi connectivity index (χ1) is 8.44. The molecule has 6 atom stereocenters. The summed E-state index contributed by atoms with van der Waals surface area (Å²) in [7, 11) is 0. The van der Waals surface area contributed by atoms with Crippen LogP contribution in [0.25, 0.3) is 0 Å². The molecule has 0 saturated heterocycles. The molecule has 5 rings (SSSR count). The van der Waals surface area contributed by atoms with E-state index < -0.39 is 0 Å². The Balaban J connectivity index is 1.67. The van der Waals surface area contributed by atoms with Crippen molar-refractivity contribution in [2.24, 2.45) is 29.1 Å². The number of ether oxygens (including phenoxy) is 1. The second kappa shape index (κ2) is 3.02. The Hall–Kier alpha value is -0.790. The second-order valence-electron chi connectivity index (χ2n) is 7.58. The van der Waals surface area contributed by atoms with Gasteiger partial charge in [0, 0.05) is 11.5 Å². The molecule has 5 aliphatic carbocycles. The third-order valence-corrected chi connectivity index (χ3v) is 6.66. The molecule has 6 unspecified atom stereocenters. The molecule has 0 heterocycles. The smallest absolute Gasteiger partial charge is 0.333 e. The van der Waals surface area contributed by atoms with Gasteiger partial charge in [0.2, 0.25) is 0 Å². The largest absolute Gasteiger partial charge is 0.455 e. The van der Waals surface area contributed by atoms with Crippen LogP contribution in [-0.4, -0.2) is 11.6 Å². The summed E-state index contributed by atoms with van der Waals surface area (Å²) in [5, 5.41) is 0. The van der Waals surface area contributed by atoms with Crippen LogP contribution in [0.15, 0.2) is 12.2 Å². The lowest BCUT2D eigenvalue weighted by atomic mass is 9.40. The summed E-state index contributed by atoms with van der Waals surface area (Å²) in [6.07, 6.45) is 6.78. The van der Waals surface area contributed by atoms with Gasteiger partial charge >= 0.3 is 5.97 Å². The Morgan fingerprint density at radius 3 is 2.72 bits per heavy atom. The van der Waals surface area contributed by atoms with Crippen molar-refractivity contribution >= 4 is 5.97 Å². The van der Waals surface area contributed by atoms with E-state index in [0.29, 0.717) is 22.8 Å². The minimum absolute atomic E-state index is 0.181. The van der Waals surface area contributed by atoms with Crippen LogP contribution in [0.2, 0.25) is 0 Å². The van der Waals surface area contributed by atoms with Crippen molar-refractivity contribution in [2.75, 3.05) is 0 Å². The number of hydrogen-bond acceptors (Lipinski definition) is 2. The molecule has 0 radical (unpaired) electrons. The van der Waals surface area contributed by atoms with Crippen molar-refractivity contribution in [1.29, 1.82) is 0 Å². The second-order valence-corrected chi connectivity index (χ2v) is 7.58. The third kappa shape index (κ3) is 1.08. The van der Waals surface area contributed by atoms with Crippen LogP contribution < -0.4 is 0 Å². The zero-order chi connectivity index (χ0) is 12.7. The first-order valence-electron chi connectivity index (χ1n) is 7.33. The summed E-state index contributed by atoms with van der Waals surface area (Å²) in [6, 6.07) is 0. The van der Waals surface area contributed by atoms with Gasteiger partial charge in [0.05, 0.1) is 0 Å². The maximum atomic E-state index is 11.9. The molecule has 5 fully saturated rings. The summed E-state index contributed by atoms with van der Waals surface area (Å²) in [5.41, 5.74) is 1.01. The van der Waals surface area contributed by atoms with E-state index in [0.717, 1.165) is 11.8 Å². The number of hydrogen-bond donors (Lipinski definition) is 0. The Labute approximate surface area is 109 Å². The van der Waals surface area contributed by atoms with Gasteiger partial charge in [0.25, 0.3) is 0 Å². The average molecular weight is 246 g/mol. The van der Waals surface area contributed by atoms with E-state index in [9.17, 15) is 4.79 Å². The summed E-state index contributed by atoms with van der Waals surface area (Å²) in [6.45, 7) is 7.67. The molecule has 0 aromatic heterocycles. The molecule has 18 heavy (non-hydrogen) atoms. The van der Waals surface area contributed by atoms with Crippen molar-refractivity contribution in [3.63, 3.8) is 0 Å². The highest BCUT2D eigenvalue weighted by molar-refractivity contribution is 5.87. The highest BCUT2D eigenvalue weighted by atomic mass is 16.6. The van der Waals surface area contributed by atoms with E-state index in [1.165, 1.54) is 32.1 Å². The molecule has 0 aromatic carbocycles. The van der Waals surface area contributed by atoms with E-state index in [2.05, 4.69) is 13.5 Å². The third-order valence-electron chi connectivity index (χ3n) is 6.66. The summed E-state index contributed by atoms with van der Waals surface area (Å²) in [5.74, 6) is 2.83. The molecule has 0 aliphatic heterocycles. The van der Waals surface area contributed by atoms with Crippen molar-refractivity contribution in [3.05, 3.63) is 12.2 Å². The van der Waals surface area contributed by atoms with Gasteiger partial charge in [-0.25, -0.2) is 4.79 Å². The number of esters is 1. The van der Waals surface area contributed by atoms with Crippen LogP contribution in [-0.2, 0) is 9.53 Å². The molecule has 98 valence electrons. The monoisotopic (exact) mass is 246 g/mol. The lowest BCUT2D eigenvalue weighted by Gasteiger charge is -2.66. The minimum atomic E-state index is -0.197. The molecule has 4 bridgehead atoms. The molecule has 1 spiro atoms. The molecule has 0 aromatic rings. The molecular formula is C16H22O2. The standard InChI is InChI=1S/C16H22O2/c1-9(2)14(17)18-15(3)11-4-10-5-12-13(15)8-16(12,6-10)7-11/h10-13H,1,4-8H2,2-3H3. The van der Waals surface area contributed by atoms with Gasteiger partial charge in [0.15, 0.2) is 0 Å². The van der Waals surface area contributed by atoms with E-state index >= 15 is 0 Å². The zero-order valence-electron chi connectivity index (χ0n) is 11.4. The van der Waals surface area contributed by atoms with Crippen molar-refractivity contribution in [3.8, 4) is 0 Å². The van der Waals surface area contributed by atoms with E-state index in [4.69, 9.17) is 4.74 Å². The highest BCUT2D eigenvalue weighted by Gasteiger charge is 2.73. The molecular weight excluding hydrogens is 224 g/mol. The van der Waals surface area contributed by atoms with E-state index in [-0.39, 0.29) is 11.6 Å². The van der Waals surface area contributed by atoms with Crippen LogP contribution >= 0.6 is 0 Å². The first-order valence-corrected chi connectivity index (χ1v) is 7.33. The molecule has 0 amide bonds. The summed E-state index contributed by atoms with van der Waals surface area (Å²) >= 11 is 0. The Bertz CT molecular complexity index is 448. The predicted octanol–water partition coefficient (Wildman–Crippen LogP) is 3.32. The van der Waals surface area contributed by atoms with Gasteiger partial charge in [-0.3, -0.25) is 0 Å². The molecule has 2 heteroatoms. The average Bonchev–Trinajstić information content (AvgIpc) is 2.44. The van der Waals surface area contributed by atoms with Gasteiger partial charge in [-0.15, -0.1) is 0 Å². The van der Waals surface area contributed by atoms with Crippen molar-refractivity contribution in [1.82, 2.24) is 0 Å². The van der Waals surface area contributed by atoms with Gasteiger partial charge in [0.1, 0.15) is 5.60 Å². The number of carbonyl (C=O) groups is 1. The number of carbonyl (C=O) groups excluding carboxylic acids is 1. The fourth-order valence-corrected chi connectivity index (χ4v) is 5.93. The maximum absolute atomic E-state index is 11.9. The topological polar surface area (TPSA) is 26.3 Å². The quantitative estimate of drug-likeness (QED) is 0.552. The van der Waals surface area contributed by atoms with Crippen LogP contribution in [0, 0.1) is 29.1 Å². The molecule has 2 nitrogen and oxygen atoms in total. The lowest BCUT2D eigenvalue weighted by Crippen LogP contribution is -2.65. The molecule has 5 aliphatic rings. The van der Waals surface area contributed by atoms with Crippen LogP contribution in [0.3, 0.4) is 0 Å². The Morgan fingerprint density at radius 1 is 1.22 bits per heavy atom. The SMILES string of the molecule is C=C(C)C(=O)OC1(C)C2CC3CC4C1CC4(C3)C2. The first kappa shape index (κ1) is 11.1. The van der Waals surface area contributed by atoms with Crippen LogP contribution in [0.1, 0.15) is 46.0 Å². The number of rotatable bonds is 2. The van der Waals surface area contributed by atoms with Crippen LogP contribution in [0.5, 0.6) is 0 Å². The highest BCUT2D eigenvalue weighted by Crippen LogP contribution is 2.77. The lowest BCUT2D eigenvalue weighted by molar-refractivity contribution is -0.243. The van der Waals surface area contributed by atoms with Crippen molar-refractivity contribution in [2.45, 2.75) is 51.6 Å². The summed E-state index contributed by atoms with van der Waals surface area (Å²) < 4.78 is 5.93. The van der Waals surface area contributed by atoms with Gasteiger partial charge in [-0.1, -0.05) is 6.58 Å². The molecule has 0 N–H and O–H groups in total. The fraction of sp³-hybridized carbons (Fsp3) is 0.812. The minimum Gasteiger partial charge on any atom is -0.455 e. The Morgan fingerprint density at radius 2 is 2.00 bits per heavy atom. The van der Waals surface area contributed by atoms with E-state index in [1.807, 2.05) is 0 Å². The maximum Gasteiger partial charge on any atom is 0.333 e. The van der Waals surface area contributed by atoms with Gasteiger partial charge in [-0.2, -0.15) is 0 Å². The summed E-state index contributed by atoms with van der Waals surface area (Å²) in [4.78, 5) is 11.9. The van der Waals surface area contributed by atoms with E-state index in [1.54, 1.807) is 6.92 Å². The molecule has 5 saturated carbocycles.